The Morgan fingerprint density at radius 2 is 2.18 bits per heavy atom. The largest absolute Gasteiger partial charge is 0.393 e. The van der Waals surface area contributed by atoms with E-state index in [9.17, 15) is 5.11 Å². The number of pyridine rings is 1. The van der Waals surface area contributed by atoms with Gasteiger partial charge in [-0.2, -0.15) is 5.26 Å². The molecule has 4 nitrogen and oxygen atoms in total. The van der Waals surface area contributed by atoms with Crippen LogP contribution in [0.1, 0.15) is 36.9 Å². The predicted octanol–water partition coefficient (Wildman–Crippen LogP) is 1.77. The first kappa shape index (κ1) is 12.0. The number of hydrogen-bond acceptors (Lipinski definition) is 4. The summed E-state index contributed by atoms with van der Waals surface area (Å²) in [6.45, 7) is 0.512. The molecule has 4 heteroatoms. The van der Waals surface area contributed by atoms with E-state index in [2.05, 4.69) is 4.98 Å². The van der Waals surface area contributed by atoms with Crippen molar-refractivity contribution < 1.29 is 9.84 Å². The molecule has 1 aliphatic rings. The summed E-state index contributed by atoms with van der Waals surface area (Å²) in [5, 5.41) is 18.1. The van der Waals surface area contributed by atoms with Gasteiger partial charge in [-0.25, -0.2) is 4.98 Å². The van der Waals surface area contributed by atoms with E-state index in [1.807, 2.05) is 12.1 Å². The molecule has 1 N–H and O–H groups in total. The number of ether oxygens (including phenoxy) is 1. The first-order valence-electron chi connectivity index (χ1n) is 5.92. The molecule has 0 unspecified atom stereocenters. The molecule has 0 saturated heterocycles. The van der Waals surface area contributed by atoms with Gasteiger partial charge in [-0.3, -0.25) is 0 Å². The van der Waals surface area contributed by atoms with Crippen molar-refractivity contribution in [2.45, 2.75) is 44.5 Å². The van der Waals surface area contributed by atoms with Gasteiger partial charge in [0.15, 0.2) is 0 Å². The molecule has 17 heavy (non-hydrogen) atoms. The van der Waals surface area contributed by atoms with Crippen LogP contribution in [0.15, 0.2) is 18.3 Å². The van der Waals surface area contributed by atoms with Gasteiger partial charge in [0.05, 0.1) is 18.8 Å². The van der Waals surface area contributed by atoms with E-state index in [4.69, 9.17) is 10.00 Å². The van der Waals surface area contributed by atoms with Crippen LogP contribution in [0.4, 0.5) is 0 Å². The fourth-order valence-corrected chi connectivity index (χ4v) is 2.05. The lowest BCUT2D eigenvalue weighted by atomic mass is 9.95. The summed E-state index contributed by atoms with van der Waals surface area (Å²) in [5.41, 5.74) is 1.40. The maximum Gasteiger partial charge on any atom is 0.140 e. The van der Waals surface area contributed by atoms with Crippen LogP contribution in [0.3, 0.4) is 0 Å². The highest BCUT2D eigenvalue weighted by molar-refractivity contribution is 5.24. The second kappa shape index (κ2) is 5.76. The number of rotatable bonds is 3. The van der Waals surface area contributed by atoms with Gasteiger partial charge in [0.25, 0.3) is 0 Å². The van der Waals surface area contributed by atoms with Gasteiger partial charge in [0.1, 0.15) is 11.8 Å². The summed E-state index contributed by atoms with van der Waals surface area (Å²) in [5.74, 6) is 0. The molecule has 0 aliphatic heterocycles. The van der Waals surface area contributed by atoms with E-state index in [0.717, 1.165) is 31.2 Å². The molecular formula is C13H16N2O2. The Labute approximate surface area is 101 Å². The van der Waals surface area contributed by atoms with Crippen LogP contribution in [0.2, 0.25) is 0 Å². The van der Waals surface area contributed by atoms with Crippen LogP contribution in [0.5, 0.6) is 0 Å². The van der Waals surface area contributed by atoms with Crippen LogP contribution in [0.25, 0.3) is 0 Å². The number of nitriles is 1. The average molecular weight is 232 g/mol. The molecule has 1 aromatic heterocycles. The molecule has 1 fully saturated rings. The summed E-state index contributed by atoms with van der Waals surface area (Å²) in [4.78, 5) is 3.91. The fraction of sp³-hybridized carbons (Fsp3) is 0.538. The summed E-state index contributed by atoms with van der Waals surface area (Å²) in [6.07, 6.45) is 5.18. The van der Waals surface area contributed by atoms with E-state index in [1.165, 1.54) is 0 Å². The normalized spacial score (nSPS) is 24.2. The highest BCUT2D eigenvalue weighted by Crippen LogP contribution is 2.21. The SMILES string of the molecule is N#Cc1cc(COC2CCC(O)CC2)ccn1. The first-order valence-corrected chi connectivity index (χ1v) is 5.92. The number of aliphatic hydroxyl groups excluding tert-OH is 1. The maximum atomic E-state index is 9.38. The molecule has 1 aliphatic carbocycles. The topological polar surface area (TPSA) is 66.1 Å². The third kappa shape index (κ3) is 3.52. The van der Waals surface area contributed by atoms with Gasteiger partial charge in [-0.15, -0.1) is 0 Å². The van der Waals surface area contributed by atoms with Gasteiger partial charge < -0.3 is 9.84 Å². The molecule has 1 saturated carbocycles. The van der Waals surface area contributed by atoms with Crippen LogP contribution < -0.4 is 0 Å². The Morgan fingerprint density at radius 1 is 1.41 bits per heavy atom. The molecule has 90 valence electrons. The third-order valence-corrected chi connectivity index (χ3v) is 3.07. The van der Waals surface area contributed by atoms with E-state index >= 15 is 0 Å². The second-order valence-corrected chi connectivity index (χ2v) is 4.40. The second-order valence-electron chi connectivity index (χ2n) is 4.40. The molecular weight excluding hydrogens is 216 g/mol. The molecule has 0 radical (unpaired) electrons. The van der Waals surface area contributed by atoms with E-state index < -0.39 is 0 Å². The standard InChI is InChI=1S/C13H16N2O2/c14-8-11-7-10(5-6-15-11)9-17-13-3-1-12(16)2-4-13/h5-7,12-13,16H,1-4,9H2. The molecule has 1 aromatic rings. The number of aromatic nitrogens is 1. The van der Waals surface area contributed by atoms with Crippen molar-refractivity contribution in [1.29, 1.82) is 5.26 Å². The van der Waals surface area contributed by atoms with Crippen molar-refractivity contribution in [1.82, 2.24) is 4.98 Å². The molecule has 1 heterocycles. The fourth-order valence-electron chi connectivity index (χ4n) is 2.05. The molecule has 0 aromatic carbocycles. The Kier molecular flexibility index (Phi) is 4.08. The monoisotopic (exact) mass is 232 g/mol. The molecule has 2 rings (SSSR count). The minimum absolute atomic E-state index is 0.152. The number of nitrogens with zero attached hydrogens (tertiary/aromatic N) is 2. The van der Waals surface area contributed by atoms with E-state index in [1.54, 1.807) is 12.3 Å². The van der Waals surface area contributed by atoms with E-state index in [-0.39, 0.29) is 12.2 Å². The summed E-state index contributed by atoms with van der Waals surface area (Å²) in [7, 11) is 0. The lowest BCUT2D eigenvalue weighted by molar-refractivity contribution is -0.0118. The van der Waals surface area contributed by atoms with Crippen LogP contribution in [0, 0.1) is 11.3 Å². The third-order valence-electron chi connectivity index (χ3n) is 3.07. The lowest BCUT2D eigenvalue weighted by Gasteiger charge is -2.25. The first-order chi connectivity index (χ1) is 8.28. The van der Waals surface area contributed by atoms with Crippen molar-refractivity contribution in [3.63, 3.8) is 0 Å². The van der Waals surface area contributed by atoms with Gasteiger partial charge >= 0.3 is 0 Å². The average Bonchev–Trinajstić information content (AvgIpc) is 2.38. The minimum atomic E-state index is -0.152. The van der Waals surface area contributed by atoms with Crippen LogP contribution in [-0.2, 0) is 11.3 Å². The summed E-state index contributed by atoms with van der Waals surface area (Å²) < 4.78 is 5.77. The highest BCUT2D eigenvalue weighted by Gasteiger charge is 2.19. The Hall–Kier alpha value is -1.44. The van der Waals surface area contributed by atoms with Crippen LogP contribution in [-0.4, -0.2) is 22.3 Å². The Bertz CT molecular complexity index is 406. The van der Waals surface area contributed by atoms with Crippen molar-refractivity contribution in [2.75, 3.05) is 0 Å². The van der Waals surface area contributed by atoms with Gasteiger partial charge in [0.2, 0.25) is 0 Å². The van der Waals surface area contributed by atoms with Gasteiger partial charge in [-0.1, -0.05) is 0 Å². The smallest absolute Gasteiger partial charge is 0.140 e. The molecule has 0 amide bonds. The summed E-state index contributed by atoms with van der Waals surface area (Å²) >= 11 is 0. The zero-order valence-corrected chi connectivity index (χ0v) is 9.67. The van der Waals surface area contributed by atoms with Crippen molar-refractivity contribution >= 4 is 0 Å². The Balaban J connectivity index is 1.83. The molecule has 0 atom stereocenters. The number of hydrogen-bond donors (Lipinski definition) is 1. The Morgan fingerprint density at radius 3 is 2.88 bits per heavy atom. The maximum absolute atomic E-state index is 9.38. The molecule has 0 bridgehead atoms. The van der Waals surface area contributed by atoms with E-state index in [0.29, 0.717) is 12.3 Å². The summed E-state index contributed by atoms with van der Waals surface area (Å²) in [6, 6.07) is 5.62. The van der Waals surface area contributed by atoms with Gasteiger partial charge in [-0.05, 0) is 43.4 Å². The lowest BCUT2D eigenvalue weighted by Crippen LogP contribution is -2.24. The predicted molar refractivity (Wildman–Crippen MR) is 62.0 cm³/mol. The van der Waals surface area contributed by atoms with Gasteiger partial charge in [0, 0.05) is 6.20 Å². The van der Waals surface area contributed by atoms with Crippen molar-refractivity contribution in [2.24, 2.45) is 0 Å². The van der Waals surface area contributed by atoms with Crippen molar-refractivity contribution in [3.8, 4) is 6.07 Å². The zero-order chi connectivity index (χ0) is 12.1. The quantitative estimate of drug-likeness (QED) is 0.862. The molecule has 0 spiro atoms. The highest BCUT2D eigenvalue weighted by atomic mass is 16.5. The van der Waals surface area contributed by atoms with Crippen LogP contribution >= 0.6 is 0 Å². The zero-order valence-electron chi connectivity index (χ0n) is 9.67. The number of aliphatic hydroxyl groups is 1. The minimum Gasteiger partial charge on any atom is -0.393 e. The van der Waals surface area contributed by atoms with Crippen molar-refractivity contribution in [3.05, 3.63) is 29.6 Å².